The summed E-state index contributed by atoms with van der Waals surface area (Å²) >= 11 is 11.7. The van der Waals surface area contributed by atoms with Crippen LogP contribution in [0.1, 0.15) is 6.92 Å². The number of carbonyl (C=O) groups excluding carboxylic acids is 2. The van der Waals surface area contributed by atoms with Gasteiger partial charge >= 0.3 is 12.8 Å². The summed E-state index contributed by atoms with van der Waals surface area (Å²) in [6.45, 7) is -0.586. The molecule has 0 aliphatic rings. The van der Waals surface area contributed by atoms with Crippen LogP contribution < -0.4 is 4.74 Å². The molecule has 0 aliphatic heterocycles. The first kappa shape index (κ1) is 18.0. The van der Waals surface area contributed by atoms with Crippen molar-refractivity contribution < 1.29 is 23.1 Å². The maximum Gasteiger partial charge on any atom is 0.387 e. The zero-order valence-electron chi connectivity index (χ0n) is 11.1. The van der Waals surface area contributed by atoms with Crippen LogP contribution in [0.25, 0.3) is 11.3 Å². The first-order valence-electron chi connectivity index (χ1n) is 5.75. The topological polar surface area (TPSA) is 74.1 Å². The first-order valence-corrected chi connectivity index (χ1v) is 6.51. The Morgan fingerprint density at radius 1 is 1.36 bits per heavy atom. The van der Waals surface area contributed by atoms with Gasteiger partial charge in [0.2, 0.25) is 0 Å². The Hall–Kier alpha value is -2.02. The standard InChI is InChI=1S/C11H9Cl2F2N3O.CO2/c1-2-18-10(7(12)5-17-18)6-4-16-9(13)3-8(6)19-11(14)15;2-1-3/h3-5,11H,2H2,1H3;. The van der Waals surface area contributed by atoms with Crippen LogP contribution in [-0.2, 0) is 16.1 Å². The minimum atomic E-state index is -2.96. The van der Waals surface area contributed by atoms with Crippen molar-refractivity contribution in [1.82, 2.24) is 14.8 Å². The lowest BCUT2D eigenvalue weighted by molar-refractivity contribution is -0.191. The Bertz CT molecular complexity index is 674. The highest BCUT2D eigenvalue weighted by Gasteiger charge is 2.18. The molecule has 0 saturated carbocycles. The van der Waals surface area contributed by atoms with E-state index in [1.54, 1.807) is 4.68 Å². The lowest BCUT2D eigenvalue weighted by Crippen LogP contribution is -2.06. The quantitative estimate of drug-likeness (QED) is 0.790. The van der Waals surface area contributed by atoms with Gasteiger partial charge in [0.05, 0.1) is 22.5 Å². The van der Waals surface area contributed by atoms with Gasteiger partial charge in [0.1, 0.15) is 10.9 Å². The third kappa shape index (κ3) is 4.49. The predicted octanol–water partition coefficient (Wildman–Crippen LogP) is 3.29. The fraction of sp³-hybridized carbons (Fsp3) is 0.250. The molecule has 22 heavy (non-hydrogen) atoms. The smallest absolute Gasteiger partial charge is 0.387 e. The van der Waals surface area contributed by atoms with Crippen LogP contribution in [0.15, 0.2) is 18.5 Å². The van der Waals surface area contributed by atoms with Crippen molar-refractivity contribution >= 4 is 29.4 Å². The second-order valence-corrected chi connectivity index (χ2v) is 4.42. The van der Waals surface area contributed by atoms with Gasteiger partial charge in [-0.2, -0.15) is 23.5 Å². The number of ether oxygens (including phenoxy) is 1. The third-order valence-corrected chi connectivity index (χ3v) is 2.88. The SMILES string of the molecule is CCn1ncc(Cl)c1-c1cnc(Cl)cc1OC(F)F.O=C=O. The van der Waals surface area contributed by atoms with Crippen LogP contribution in [-0.4, -0.2) is 27.5 Å². The molecule has 0 amide bonds. The van der Waals surface area contributed by atoms with E-state index < -0.39 is 6.61 Å². The van der Waals surface area contributed by atoms with Gasteiger partial charge in [0.15, 0.2) is 0 Å². The Balaban J connectivity index is 0.000000745. The van der Waals surface area contributed by atoms with Gasteiger partial charge in [-0.05, 0) is 6.92 Å². The number of nitrogens with zero attached hydrogens (tertiary/aromatic N) is 3. The molecule has 10 heteroatoms. The van der Waals surface area contributed by atoms with Crippen molar-refractivity contribution in [1.29, 1.82) is 0 Å². The number of pyridine rings is 1. The van der Waals surface area contributed by atoms with E-state index in [0.717, 1.165) is 0 Å². The van der Waals surface area contributed by atoms with E-state index in [2.05, 4.69) is 14.8 Å². The van der Waals surface area contributed by atoms with E-state index in [1.165, 1.54) is 18.5 Å². The van der Waals surface area contributed by atoms with E-state index in [4.69, 9.17) is 32.8 Å². The Labute approximate surface area is 133 Å². The van der Waals surface area contributed by atoms with Gasteiger partial charge in [-0.25, -0.2) is 4.98 Å². The molecule has 0 bridgehead atoms. The second-order valence-electron chi connectivity index (χ2n) is 3.62. The summed E-state index contributed by atoms with van der Waals surface area (Å²) in [5.74, 6) is -0.0906. The average molecular weight is 352 g/mol. The van der Waals surface area contributed by atoms with Crippen LogP contribution in [0.5, 0.6) is 5.75 Å². The van der Waals surface area contributed by atoms with Gasteiger partial charge in [-0.3, -0.25) is 4.68 Å². The van der Waals surface area contributed by atoms with Crippen LogP contribution in [0.4, 0.5) is 8.78 Å². The summed E-state index contributed by atoms with van der Waals surface area (Å²) in [7, 11) is 0. The number of hydrogen-bond donors (Lipinski definition) is 0. The van der Waals surface area contributed by atoms with Gasteiger partial charge in [0.25, 0.3) is 0 Å². The molecule has 2 heterocycles. The minimum Gasteiger partial charge on any atom is -0.434 e. The minimum absolute atomic E-state index is 0.0538. The maximum atomic E-state index is 12.4. The van der Waals surface area contributed by atoms with Crippen molar-refractivity contribution in [2.24, 2.45) is 0 Å². The van der Waals surface area contributed by atoms with Crippen molar-refractivity contribution in [3.63, 3.8) is 0 Å². The number of alkyl halides is 2. The first-order chi connectivity index (χ1) is 10.4. The molecule has 0 aromatic carbocycles. The molecule has 0 N–H and O–H groups in total. The van der Waals surface area contributed by atoms with Crippen molar-refractivity contribution in [3.05, 3.63) is 28.6 Å². The molecule has 0 fully saturated rings. The van der Waals surface area contributed by atoms with Crippen LogP contribution >= 0.6 is 23.2 Å². The molecule has 2 rings (SSSR count). The summed E-state index contributed by atoms with van der Waals surface area (Å²) in [5.41, 5.74) is 0.776. The van der Waals surface area contributed by atoms with Crippen LogP contribution in [0.2, 0.25) is 10.2 Å². The molecule has 2 aromatic rings. The van der Waals surface area contributed by atoms with Crippen molar-refractivity contribution in [2.45, 2.75) is 20.1 Å². The number of aromatic nitrogens is 3. The average Bonchev–Trinajstić information content (AvgIpc) is 2.80. The highest BCUT2D eigenvalue weighted by atomic mass is 35.5. The number of aryl methyl sites for hydroxylation is 1. The molecule has 6 nitrogen and oxygen atoms in total. The van der Waals surface area contributed by atoms with E-state index in [9.17, 15) is 8.78 Å². The predicted molar refractivity (Wildman–Crippen MR) is 72.8 cm³/mol. The fourth-order valence-electron chi connectivity index (χ4n) is 1.65. The number of halogens is 4. The number of hydrogen-bond acceptors (Lipinski definition) is 5. The van der Waals surface area contributed by atoms with Crippen LogP contribution in [0.3, 0.4) is 0 Å². The van der Waals surface area contributed by atoms with Crippen molar-refractivity contribution in [3.8, 4) is 17.0 Å². The molecule has 0 aliphatic carbocycles. The molecule has 0 radical (unpaired) electrons. The molecule has 0 saturated heterocycles. The highest BCUT2D eigenvalue weighted by Crippen LogP contribution is 2.36. The monoisotopic (exact) mass is 351 g/mol. The zero-order chi connectivity index (χ0) is 16.7. The van der Waals surface area contributed by atoms with Crippen molar-refractivity contribution in [2.75, 3.05) is 0 Å². The van der Waals surface area contributed by atoms with Gasteiger partial charge < -0.3 is 4.74 Å². The maximum absolute atomic E-state index is 12.4. The summed E-state index contributed by atoms with van der Waals surface area (Å²) in [6, 6.07) is 1.21. The van der Waals surface area contributed by atoms with E-state index in [1.807, 2.05) is 6.92 Å². The van der Waals surface area contributed by atoms with Gasteiger partial charge in [-0.15, -0.1) is 0 Å². The Kier molecular flexibility index (Phi) is 6.91. The van der Waals surface area contributed by atoms with Gasteiger partial charge in [-0.1, -0.05) is 23.2 Å². The Morgan fingerprint density at radius 2 is 2.00 bits per heavy atom. The molecule has 0 spiro atoms. The van der Waals surface area contributed by atoms with Crippen LogP contribution in [0, 0.1) is 0 Å². The summed E-state index contributed by atoms with van der Waals surface area (Å²) in [6.07, 6.45) is 3.01. The highest BCUT2D eigenvalue weighted by molar-refractivity contribution is 6.33. The third-order valence-electron chi connectivity index (χ3n) is 2.40. The lowest BCUT2D eigenvalue weighted by Gasteiger charge is -2.12. The summed E-state index contributed by atoms with van der Waals surface area (Å²) < 4.78 is 30.8. The molecule has 2 aromatic heterocycles. The summed E-state index contributed by atoms with van der Waals surface area (Å²) in [5, 5.41) is 4.41. The molecular weight excluding hydrogens is 343 g/mol. The largest absolute Gasteiger partial charge is 0.434 e. The van der Waals surface area contributed by atoms with E-state index in [-0.39, 0.29) is 17.1 Å². The zero-order valence-corrected chi connectivity index (χ0v) is 12.6. The molecule has 0 unspecified atom stereocenters. The van der Waals surface area contributed by atoms with E-state index >= 15 is 0 Å². The fourth-order valence-corrected chi connectivity index (χ4v) is 2.05. The molecule has 0 atom stereocenters. The normalized spacial score (nSPS) is 9.91. The van der Waals surface area contributed by atoms with Gasteiger partial charge in [0, 0.05) is 18.8 Å². The second kappa shape index (κ2) is 8.43. The summed E-state index contributed by atoms with van der Waals surface area (Å²) in [4.78, 5) is 20.1. The number of rotatable bonds is 4. The Morgan fingerprint density at radius 3 is 2.55 bits per heavy atom. The molecule has 118 valence electrons. The lowest BCUT2D eigenvalue weighted by atomic mass is 10.2. The van der Waals surface area contributed by atoms with E-state index in [0.29, 0.717) is 22.8 Å². The molecular formula is C12H9Cl2F2N3O3.